The Morgan fingerprint density at radius 1 is 1.50 bits per heavy atom. The molecule has 0 N–H and O–H groups in total. The molecule has 0 saturated heterocycles. The normalized spacial score (nSPS) is 10.6. The fourth-order valence-electron chi connectivity index (χ4n) is 0.964. The molecule has 70 valence electrons. The molecule has 0 atom stereocenters. The average molecular weight is 167 g/mol. The second-order valence-corrected chi connectivity index (χ2v) is 3.12. The molecular weight excluding hydrogens is 146 g/mol. The summed E-state index contributed by atoms with van der Waals surface area (Å²) in [5.41, 5.74) is 1.25. The van der Waals surface area contributed by atoms with Crippen LogP contribution < -0.4 is 0 Å². The maximum Gasteiger partial charge on any atom is 0.0353 e. The molecule has 0 aliphatic rings. The molecule has 0 aliphatic heterocycles. The van der Waals surface area contributed by atoms with E-state index in [0.29, 0.717) is 0 Å². The summed E-state index contributed by atoms with van der Waals surface area (Å²) in [7, 11) is 2.10. The fraction of sp³-hybridized carbons (Fsp3) is 0.636. The van der Waals surface area contributed by atoms with Crippen LogP contribution in [0.4, 0.5) is 0 Å². The third-order valence-corrected chi connectivity index (χ3v) is 1.97. The van der Waals surface area contributed by atoms with Crippen molar-refractivity contribution < 1.29 is 0 Å². The van der Waals surface area contributed by atoms with Gasteiger partial charge in [-0.1, -0.05) is 32.1 Å². The summed E-state index contributed by atoms with van der Waals surface area (Å²) in [4.78, 5) is 2.20. The van der Waals surface area contributed by atoms with E-state index in [4.69, 9.17) is 0 Å². The largest absolute Gasteiger partial charge is 0.375 e. The molecule has 0 aromatic carbocycles. The maximum absolute atomic E-state index is 4.04. The molecule has 0 fully saturated rings. The summed E-state index contributed by atoms with van der Waals surface area (Å²) in [6.07, 6.45) is 7.85. The van der Waals surface area contributed by atoms with Crippen molar-refractivity contribution in [2.45, 2.75) is 33.1 Å². The maximum atomic E-state index is 4.04. The summed E-state index contributed by atoms with van der Waals surface area (Å²) in [6.45, 7) is 9.27. The van der Waals surface area contributed by atoms with E-state index in [-0.39, 0.29) is 0 Å². The third-order valence-electron chi connectivity index (χ3n) is 1.97. The highest BCUT2D eigenvalue weighted by Crippen LogP contribution is 2.08. The van der Waals surface area contributed by atoms with Crippen LogP contribution in [0.2, 0.25) is 0 Å². The van der Waals surface area contributed by atoms with E-state index in [2.05, 4.69) is 37.6 Å². The van der Waals surface area contributed by atoms with Gasteiger partial charge in [-0.2, -0.15) is 0 Å². The lowest BCUT2D eigenvalue weighted by atomic mass is 10.2. The zero-order chi connectivity index (χ0) is 9.40. The number of likely N-dealkylation sites (N-methyl/N-ethyl adjacent to an activating group) is 1. The van der Waals surface area contributed by atoms with Gasteiger partial charge in [-0.15, -0.1) is 0 Å². The molecule has 0 saturated carbocycles. The van der Waals surface area contributed by atoms with E-state index in [9.17, 15) is 0 Å². The van der Waals surface area contributed by atoms with Gasteiger partial charge in [-0.05, 0) is 19.8 Å². The van der Waals surface area contributed by atoms with Gasteiger partial charge in [-0.3, -0.25) is 0 Å². The molecule has 0 rings (SSSR count). The van der Waals surface area contributed by atoms with Gasteiger partial charge < -0.3 is 4.90 Å². The van der Waals surface area contributed by atoms with Gasteiger partial charge in [0, 0.05) is 19.3 Å². The molecule has 0 aromatic rings. The fourth-order valence-corrected chi connectivity index (χ4v) is 0.964. The molecule has 0 radical (unpaired) electrons. The first-order chi connectivity index (χ1) is 5.72. The van der Waals surface area contributed by atoms with Crippen molar-refractivity contribution in [3.8, 4) is 0 Å². The number of rotatable bonds is 6. The zero-order valence-corrected chi connectivity index (χ0v) is 8.64. The molecule has 0 aromatic heterocycles. The molecule has 1 nitrogen and oxygen atoms in total. The smallest absolute Gasteiger partial charge is 0.0353 e. The number of hydrogen-bond acceptors (Lipinski definition) is 1. The summed E-state index contributed by atoms with van der Waals surface area (Å²) in [6, 6.07) is 0. The van der Waals surface area contributed by atoms with Gasteiger partial charge in [0.1, 0.15) is 0 Å². The molecule has 0 aliphatic carbocycles. The van der Waals surface area contributed by atoms with Gasteiger partial charge >= 0.3 is 0 Å². The summed E-state index contributed by atoms with van der Waals surface area (Å²) >= 11 is 0. The van der Waals surface area contributed by atoms with Gasteiger partial charge in [0.05, 0.1) is 0 Å². The van der Waals surface area contributed by atoms with Crippen molar-refractivity contribution in [1.29, 1.82) is 0 Å². The van der Waals surface area contributed by atoms with Crippen LogP contribution in [-0.2, 0) is 0 Å². The van der Waals surface area contributed by atoms with Crippen molar-refractivity contribution >= 4 is 0 Å². The Morgan fingerprint density at radius 3 is 2.67 bits per heavy atom. The van der Waals surface area contributed by atoms with Crippen molar-refractivity contribution in [3.05, 3.63) is 24.4 Å². The molecule has 0 heterocycles. The Labute approximate surface area is 76.8 Å². The van der Waals surface area contributed by atoms with Gasteiger partial charge in [-0.25, -0.2) is 0 Å². The van der Waals surface area contributed by atoms with Crippen LogP contribution >= 0.6 is 0 Å². The van der Waals surface area contributed by atoms with Gasteiger partial charge in [0.2, 0.25) is 0 Å². The zero-order valence-electron chi connectivity index (χ0n) is 8.64. The second-order valence-electron chi connectivity index (χ2n) is 3.12. The van der Waals surface area contributed by atoms with Crippen LogP contribution in [0.1, 0.15) is 33.1 Å². The van der Waals surface area contributed by atoms with Crippen molar-refractivity contribution in [1.82, 2.24) is 4.90 Å². The summed E-state index contributed by atoms with van der Waals surface area (Å²) in [5, 5.41) is 0. The lowest BCUT2D eigenvalue weighted by molar-refractivity contribution is 0.440. The van der Waals surface area contributed by atoms with E-state index in [1.165, 1.54) is 18.5 Å². The second kappa shape index (κ2) is 6.96. The average Bonchev–Trinajstić information content (AvgIpc) is 2.10. The van der Waals surface area contributed by atoms with Crippen molar-refractivity contribution in [2.75, 3.05) is 13.6 Å². The van der Waals surface area contributed by atoms with Crippen LogP contribution in [0.25, 0.3) is 0 Å². The highest BCUT2D eigenvalue weighted by Gasteiger charge is 1.97. The predicted molar refractivity (Wildman–Crippen MR) is 56.1 cm³/mol. The molecular formula is C11H21N. The minimum absolute atomic E-state index is 0.985. The van der Waals surface area contributed by atoms with E-state index < -0.39 is 0 Å². The first-order valence-electron chi connectivity index (χ1n) is 4.72. The van der Waals surface area contributed by atoms with Crippen molar-refractivity contribution in [2.24, 2.45) is 0 Å². The SMILES string of the molecule is C=C(CCCC)N(C)C/C=C/C. The van der Waals surface area contributed by atoms with Crippen molar-refractivity contribution in [3.63, 3.8) is 0 Å². The monoisotopic (exact) mass is 167 g/mol. The highest BCUT2D eigenvalue weighted by molar-refractivity contribution is 4.95. The predicted octanol–water partition coefficient (Wildman–Crippen LogP) is 3.20. The Hall–Kier alpha value is -0.720. The number of allylic oxidation sites excluding steroid dienone is 2. The number of nitrogens with zero attached hydrogens (tertiary/aromatic N) is 1. The molecule has 0 bridgehead atoms. The minimum Gasteiger partial charge on any atom is -0.375 e. The van der Waals surface area contributed by atoms with E-state index in [1.807, 2.05) is 6.92 Å². The first-order valence-corrected chi connectivity index (χ1v) is 4.72. The van der Waals surface area contributed by atoms with Crippen LogP contribution in [-0.4, -0.2) is 18.5 Å². The molecule has 12 heavy (non-hydrogen) atoms. The molecule has 0 amide bonds. The Kier molecular flexibility index (Phi) is 6.54. The summed E-state index contributed by atoms with van der Waals surface area (Å²) in [5.74, 6) is 0. The molecule has 0 spiro atoms. The standard InChI is InChI=1S/C11H21N/c1-5-7-9-11(3)12(4)10-8-6-2/h6,8H,3,5,7,9-10H2,1-2,4H3/b8-6+. The lowest BCUT2D eigenvalue weighted by Crippen LogP contribution is -2.16. The van der Waals surface area contributed by atoms with Crippen LogP contribution in [0.3, 0.4) is 0 Å². The van der Waals surface area contributed by atoms with E-state index in [1.54, 1.807) is 0 Å². The Balaban J connectivity index is 3.61. The number of hydrogen-bond donors (Lipinski definition) is 0. The van der Waals surface area contributed by atoms with Crippen LogP contribution in [0, 0.1) is 0 Å². The molecule has 0 unspecified atom stereocenters. The lowest BCUT2D eigenvalue weighted by Gasteiger charge is -2.19. The quantitative estimate of drug-likeness (QED) is 0.549. The van der Waals surface area contributed by atoms with E-state index in [0.717, 1.165) is 13.0 Å². The van der Waals surface area contributed by atoms with Crippen LogP contribution in [0.15, 0.2) is 24.4 Å². The Morgan fingerprint density at radius 2 is 2.17 bits per heavy atom. The van der Waals surface area contributed by atoms with Gasteiger partial charge in [0.25, 0.3) is 0 Å². The minimum atomic E-state index is 0.985. The highest BCUT2D eigenvalue weighted by atomic mass is 15.1. The first kappa shape index (κ1) is 11.3. The van der Waals surface area contributed by atoms with Crippen LogP contribution in [0.5, 0.6) is 0 Å². The molecule has 1 heteroatoms. The van der Waals surface area contributed by atoms with E-state index >= 15 is 0 Å². The Bertz CT molecular complexity index is 147. The third kappa shape index (κ3) is 5.00. The topological polar surface area (TPSA) is 3.24 Å². The van der Waals surface area contributed by atoms with Gasteiger partial charge in [0.15, 0.2) is 0 Å². The summed E-state index contributed by atoms with van der Waals surface area (Å²) < 4.78 is 0. The number of unbranched alkanes of at least 4 members (excludes halogenated alkanes) is 1.